The summed E-state index contributed by atoms with van der Waals surface area (Å²) in [4.78, 5) is 12.3. The molecule has 4 rings (SSSR count). The summed E-state index contributed by atoms with van der Waals surface area (Å²) in [5.74, 6) is 0.741. The Labute approximate surface area is 147 Å². The SMILES string of the molecule is Cc1ccc2cnn(CCCNC(=O)[C@@H]3C[C@@H]3c3ccccc3)c2c1. The molecule has 1 aliphatic rings. The van der Waals surface area contributed by atoms with Crippen molar-refractivity contribution in [3.05, 3.63) is 65.9 Å². The van der Waals surface area contributed by atoms with Gasteiger partial charge in [0.1, 0.15) is 0 Å². The summed E-state index contributed by atoms with van der Waals surface area (Å²) in [5, 5.41) is 8.71. The van der Waals surface area contributed by atoms with E-state index >= 15 is 0 Å². The first kappa shape index (κ1) is 15.9. The van der Waals surface area contributed by atoms with Gasteiger partial charge in [-0.1, -0.05) is 42.5 Å². The molecule has 1 saturated carbocycles. The maximum Gasteiger partial charge on any atom is 0.223 e. The topological polar surface area (TPSA) is 46.9 Å². The van der Waals surface area contributed by atoms with E-state index in [-0.39, 0.29) is 11.8 Å². The Hall–Kier alpha value is -2.62. The van der Waals surface area contributed by atoms with E-state index in [1.54, 1.807) is 0 Å². The minimum absolute atomic E-state index is 0.149. The van der Waals surface area contributed by atoms with Gasteiger partial charge in [0.15, 0.2) is 0 Å². The lowest BCUT2D eigenvalue weighted by molar-refractivity contribution is -0.122. The van der Waals surface area contributed by atoms with Gasteiger partial charge in [-0.15, -0.1) is 0 Å². The third kappa shape index (κ3) is 3.43. The molecule has 4 heteroatoms. The predicted octanol–water partition coefficient (Wildman–Crippen LogP) is 3.65. The number of carbonyl (C=O) groups excluding carboxylic acids is 1. The first-order valence-electron chi connectivity index (χ1n) is 8.97. The monoisotopic (exact) mass is 333 g/mol. The number of hydrogen-bond donors (Lipinski definition) is 1. The van der Waals surface area contributed by atoms with Crippen LogP contribution in [0.5, 0.6) is 0 Å². The number of aromatic nitrogens is 2. The largest absolute Gasteiger partial charge is 0.356 e. The summed E-state index contributed by atoms with van der Waals surface area (Å²) in [5.41, 5.74) is 3.68. The summed E-state index contributed by atoms with van der Waals surface area (Å²) in [6.07, 6.45) is 3.76. The van der Waals surface area contributed by atoms with E-state index in [1.165, 1.54) is 16.5 Å². The van der Waals surface area contributed by atoms with Crippen molar-refractivity contribution < 1.29 is 4.79 Å². The van der Waals surface area contributed by atoms with Gasteiger partial charge in [0.25, 0.3) is 0 Å². The molecule has 2 atom stereocenters. The van der Waals surface area contributed by atoms with Crippen molar-refractivity contribution >= 4 is 16.8 Å². The van der Waals surface area contributed by atoms with E-state index in [2.05, 4.69) is 47.7 Å². The fourth-order valence-corrected chi connectivity index (χ4v) is 3.48. The van der Waals surface area contributed by atoms with Gasteiger partial charge in [-0.05, 0) is 42.9 Å². The number of aryl methyl sites for hydroxylation is 2. The maximum absolute atomic E-state index is 12.3. The zero-order valence-corrected chi connectivity index (χ0v) is 14.5. The van der Waals surface area contributed by atoms with Crippen molar-refractivity contribution in [1.29, 1.82) is 0 Å². The Morgan fingerprint density at radius 1 is 1.24 bits per heavy atom. The molecule has 3 aromatic rings. The molecule has 0 saturated heterocycles. The number of nitrogens with zero attached hydrogens (tertiary/aromatic N) is 2. The fourth-order valence-electron chi connectivity index (χ4n) is 3.48. The van der Waals surface area contributed by atoms with Crippen LogP contribution >= 0.6 is 0 Å². The van der Waals surface area contributed by atoms with Gasteiger partial charge in [0.05, 0.1) is 11.7 Å². The molecule has 1 aliphatic carbocycles. The van der Waals surface area contributed by atoms with E-state index in [0.717, 1.165) is 24.9 Å². The van der Waals surface area contributed by atoms with Crippen LogP contribution in [0.2, 0.25) is 0 Å². The Balaban J connectivity index is 1.26. The second-order valence-electron chi connectivity index (χ2n) is 6.93. The molecule has 0 unspecified atom stereocenters. The summed E-state index contributed by atoms with van der Waals surface area (Å²) in [7, 11) is 0. The molecule has 1 heterocycles. The van der Waals surface area contributed by atoms with E-state index in [1.807, 2.05) is 29.1 Å². The Bertz CT molecular complexity index is 885. The number of benzene rings is 2. The molecule has 25 heavy (non-hydrogen) atoms. The minimum Gasteiger partial charge on any atom is -0.356 e. The van der Waals surface area contributed by atoms with Crippen molar-refractivity contribution in [2.45, 2.75) is 32.2 Å². The van der Waals surface area contributed by atoms with Crippen molar-refractivity contribution in [2.75, 3.05) is 6.54 Å². The van der Waals surface area contributed by atoms with Crippen LogP contribution in [0.1, 0.15) is 29.9 Å². The molecular formula is C21H23N3O. The third-order valence-electron chi connectivity index (χ3n) is 5.00. The van der Waals surface area contributed by atoms with Gasteiger partial charge >= 0.3 is 0 Å². The number of nitrogens with one attached hydrogen (secondary N) is 1. The van der Waals surface area contributed by atoms with Gasteiger partial charge in [-0.25, -0.2) is 0 Å². The predicted molar refractivity (Wildman–Crippen MR) is 99.4 cm³/mol. The summed E-state index contributed by atoms with van der Waals surface area (Å²) in [6, 6.07) is 16.7. The van der Waals surface area contributed by atoms with Crippen LogP contribution in [-0.2, 0) is 11.3 Å². The smallest absolute Gasteiger partial charge is 0.223 e. The zero-order chi connectivity index (χ0) is 17.2. The molecule has 0 aliphatic heterocycles. The molecule has 0 radical (unpaired) electrons. The van der Waals surface area contributed by atoms with Gasteiger partial charge in [-0.2, -0.15) is 5.10 Å². The highest BCUT2D eigenvalue weighted by Gasteiger charge is 2.43. The van der Waals surface area contributed by atoms with Crippen LogP contribution in [-0.4, -0.2) is 22.2 Å². The van der Waals surface area contributed by atoms with Crippen LogP contribution in [0.15, 0.2) is 54.7 Å². The van der Waals surface area contributed by atoms with Gasteiger partial charge in [-0.3, -0.25) is 9.48 Å². The van der Waals surface area contributed by atoms with Crippen molar-refractivity contribution in [3.8, 4) is 0 Å². The average molecular weight is 333 g/mol. The summed E-state index contributed by atoms with van der Waals surface area (Å²) >= 11 is 0. The van der Waals surface area contributed by atoms with E-state index in [4.69, 9.17) is 0 Å². The maximum atomic E-state index is 12.3. The van der Waals surface area contributed by atoms with Crippen LogP contribution in [0, 0.1) is 12.8 Å². The highest BCUT2D eigenvalue weighted by atomic mass is 16.2. The van der Waals surface area contributed by atoms with Crippen molar-refractivity contribution in [3.63, 3.8) is 0 Å². The number of fused-ring (bicyclic) bond motifs is 1. The second-order valence-corrected chi connectivity index (χ2v) is 6.93. The quantitative estimate of drug-likeness (QED) is 0.700. The molecule has 1 N–H and O–H groups in total. The van der Waals surface area contributed by atoms with E-state index < -0.39 is 0 Å². The van der Waals surface area contributed by atoms with E-state index in [9.17, 15) is 4.79 Å². The van der Waals surface area contributed by atoms with Crippen molar-refractivity contribution in [1.82, 2.24) is 15.1 Å². The Kier molecular flexibility index (Phi) is 4.26. The second kappa shape index (κ2) is 6.71. The number of carbonyl (C=O) groups is 1. The number of rotatable bonds is 6. The molecule has 1 fully saturated rings. The molecule has 0 bridgehead atoms. The fraction of sp³-hybridized carbons (Fsp3) is 0.333. The Morgan fingerprint density at radius 2 is 2.08 bits per heavy atom. The number of hydrogen-bond acceptors (Lipinski definition) is 2. The van der Waals surface area contributed by atoms with Gasteiger partial charge < -0.3 is 5.32 Å². The highest BCUT2D eigenvalue weighted by molar-refractivity contribution is 5.83. The third-order valence-corrected chi connectivity index (χ3v) is 5.00. The first-order valence-corrected chi connectivity index (χ1v) is 8.97. The lowest BCUT2D eigenvalue weighted by Gasteiger charge is -2.07. The van der Waals surface area contributed by atoms with Gasteiger partial charge in [0, 0.05) is 24.4 Å². The molecule has 1 amide bonds. The van der Waals surface area contributed by atoms with E-state index in [0.29, 0.717) is 12.5 Å². The number of amides is 1. The van der Waals surface area contributed by atoms with Crippen LogP contribution < -0.4 is 5.32 Å². The average Bonchev–Trinajstić information content (AvgIpc) is 3.35. The lowest BCUT2D eigenvalue weighted by Crippen LogP contribution is -2.27. The molecule has 1 aromatic heterocycles. The first-order chi connectivity index (χ1) is 12.2. The molecule has 4 nitrogen and oxygen atoms in total. The van der Waals surface area contributed by atoms with Crippen LogP contribution in [0.3, 0.4) is 0 Å². The molecule has 2 aromatic carbocycles. The molecule has 0 spiro atoms. The molecule has 128 valence electrons. The van der Waals surface area contributed by atoms with Gasteiger partial charge in [0.2, 0.25) is 5.91 Å². The minimum atomic E-state index is 0.149. The molecular weight excluding hydrogens is 310 g/mol. The standard InChI is InChI=1S/C21H23N3O/c1-15-8-9-17-14-23-24(20(17)12-15)11-5-10-22-21(25)19-13-18(19)16-6-3-2-4-7-16/h2-4,6-9,12,14,18-19H,5,10-11,13H2,1H3,(H,22,25)/t18-,19-/m1/s1. The van der Waals surface area contributed by atoms with Crippen LogP contribution in [0.4, 0.5) is 0 Å². The van der Waals surface area contributed by atoms with Crippen molar-refractivity contribution in [2.24, 2.45) is 5.92 Å². The summed E-state index contributed by atoms with van der Waals surface area (Å²) < 4.78 is 2.03. The summed E-state index contributed by atoms with van der Waals surface area (Å²) in [6.45, 7) is 3.61. The van der Waals surface area contributed by atoms with Crippen LogP contribution in [0.25, 0.3) is 10.9 Å². The zero-order valence-electron chi connectivity index (χ0n) is 14.5. The highest BCUT2D eigenvalue weighted by Crippen LogP contribution is 2.47. The normalized spacial score (nSPS) is 19.1. The lowest BCUT2D eigenvalue weighted by atomic mass is 10.1. The Morgan fingerprint density at radius 3 is 2.92 bits per heavy atom.